The van der Waals surface area contributed by atoms with Crippen molar-refractivity contribution in [2.24, 2.45) is 0 Å². The fourth-order valence-corrected chi connectivity index (χ4v) is 3.01. The first-order valence-corrected chi connectivity index (χ1v) is 7.52. The molecule has 1 rings (SSSR count). The molecule has 1 N–H and O–H groups in total. The fraction of sp³-hybridized carbons (Fsp3) is 0.933. The van der Waals surface area contributed by atoms with Crippen molar-refractivity contribution in [3.63, 3.8) is 0 Å². The zero-order chi connectivity index (χ0) is 15.3. The van der Waals surface area contributed by atoms with E-state index in [0.717, 1.165) is 19.5 Å². The molecular formula is C15H31N3O2. The Labute approximate surface area is 123 Å². The van der Waals surface area contributed by atoms with Gasteiger partial charge in [-0.05, 0) is 67.3 Å². The lowest BCUT2D eigenvalue weighted by molar-refractivity contribution is -0.148. The molecule has 1 saturated heterocycles. The lowest BCUT2D eigenvalue weighted by atomic mass is 9.91. The van der Waals surface area contributed by atoms with E-state index in [4.69, 9.17) is 4.74 Å². The van der Waals surface area contributed by atoms with Crippen LogP contribution in [0.2, 0.25) is 0 Å². The van der Waals surface area contributed by atoms with Crippen molar-refractivity contribution in [1.82, 2.24) is 15.1 Å². The van der Waals surface area contributed by atoms with Gasteiger partial charge in [-0.1, -0.05) is 0 Å². The van der Waals surface area contributed by atoms with Gasteiger partial charge in [0.25, 0.3) is 0 Å². The van der Waals surface area contributed by atoms with Crippen LogP contribution in [0.4, 0.5) is 0 Å². The van der Waals surface area contributed by atoms with Crippen LogP contribution in [0.25, 0.3) is 0 Å². The molecule has 5 nitrogen and oxygen atoms in total. The maximum Gasteiger partial charge on any atom is 0.325 e. The number of likely N-dealkylation sites (N-methyl/N-ethyl adjacent to an activating group) is 1. The number of likely N-dealkylation sites (tertiary alicyclic amines) is 1. The molecule has 1 heterocycles. The summed E-state index contributed by atoms with van der Waals surface area (Å²) in [6.45, 7) is 6.42. The molecule has 2 atom stereocenters. The monoisotopic (exact) mass is 285 g/mol. The Bertz CT molecular complexity index is 316. The second-order valence-electron chi connectivity index (χ2n) is 6.33. The van der Waals surface area contributed by atoms with Crippen LogP contribution >= 0.6 is 0 Å². The van der Waals surface area contributed by atoms with Crippen LogP contribution in [0.3, 0.4) is 0 Å². The summed E-state index contributed by atoms with van der Waals surface area (Å²) in [5, 5.41) is 3.12. The first-order valence-electron chi connectivity index (χ1n) is 7.52. The lowest BCUT2D eigenvalue weighted by Crippen LogP contribution is -2.54. The topological polar surface area (TPSA) is 44.8 Å². The number of nitrogens with one attached hydrogen (secondary N) is 1. The van der Waals surface area contributed by atoms with E-state index >= 15 is 0 Å². The van der Waals surface area contributed by atoms with Crippen molar-refractivity contribution < 1.29 is 9.53 Å². The minimum absolute atomic E-state index is 0.191. The summed E-state index contributed by atoms with van der Waals surface area (Å²) in [4.78, 5) is 16.7. The van der Waals surface area contributed by atoms with Crippen molar-refractivity contribution in [2.75, 3.05) is 41.3 Å². The molecule has 1 aliphatic rings. The molecule has 1 aliphatic heterocycles. The van der Waals surface area contributed by atoms with E-state index in [1.807, 2.05) is 14.0 Å². The molecule has 20 heavy (non-hydrogen) atoms. The fourth-order valence-electron chi connectivity index (χ4n) is 3.01. The average Bonchev–Trinajstić information content (AvgIpc) is 2.46. The average molecular weight is 285 g/mol. The van der Waals surface area contributed by atoms with E-state index < -0.39 is 5.54 Å². The van der Waals surface area contributed by atoms with Gasteiger partial charge in [0.15, 0.2) is 0 Å². The quantitative estimate of drug-likeness (QED) is 0.736. The predicted octanol–water partition coefficient (Wildman–Crippen LogP) is 0.942. The first-order chi connectivity index (χ1) is 9.34. The number of hydrogen-bond donors (Lipinski definition) is 1. The van der Waals surface area contributed by atoms with Gasteiger partial charge in [0, 0.05) is 12.1 Å². The highest BCUT2D eigenvalue weighted by Crippen LogP contribution is 2.22. The standard InChI is InChI=1S/C15H31N3O2/c1-12(11-15(2,16-3)14(19)20-6)18(5)13-7-9-17(4)10-8-13/h12-13,16H,7-11H2,1-6H3. The summed E-state index contributed by atoms with van der Waals surface area (Å²) in [7, 11) is 7.62. The first kappa shape index (κ1) is 17.4. The van der Waals surface area contributed by atoms with Gasteiger partial charge in [-0.3, -0.25) is 4.79 Å². The van der Waals surface area contributed by atoms with Crippen LogP contribution in [0.15, 0.2) is 0 Å². The largest absolute Gasteiger partial charge is 0.468 e. The number of esters is 1. The van der Waals surface area contributed by atoms with Crippen molar-refractivity contribution in [3.8, 4) is 0 Å². The molecule has 0 bridgehead atoms. The Morgan fingerprint density at radius 3 is 2.50 bits per heavy atom. The number of methoxy groups -OCH3 is 1. The summed E-state index contributed by atoms with van der Waals surface area (Å²) < 4.78 is 4.92. The SMILES string of the molecule is CNC(C)(CC(C)N(C)C1CCN(C)CC1)C(=O)OC. The third-order valence-corrected chi connectivity index (χ3v) is 4.85. The lowest BCUT2D eigenvalue weighted by Gasteiger charge is -2.40. The highest BCUT2D eigenvalue weighted by molar-refractivity contribution is 5.80. The highest BCUT2D eigenvalue weighted by atomic mass is 16.5. The van der Waals surface area contributed by atoms with Gasteiger partial charge in [-0.25, -0.2) is 0 Å². The molecule has 0 spiro atoms. The van der Waals surface area contributed by atoms with Gasteiger partial charge in [0.2, 0.25) is 0 Å². The highest BCUT2D eigenvalue weighted by Gasteiger charge is 2.36. The van der Waals surface area contributed by atoms with E-state index in [-0.39, 0.29) is 5.97 Å². The molecular weight excluding hydrogens is 254 g/mol. The van der Waals surface area contributed by atoms with Gasteiger partial charge in [-0.15, -0.1) is 0 Å². The summed E-state index contributed by atoms with van der Waals surface area (Å²) >= 11 is 0. The molecule has 5 heteroatoms. The van der Waals surface area contributed by atoms with Crippen LogP contribution < -0.4 is 5.32 Å². The summed E-state index contributed by atoms with van der Waals surface area (Å²) in [5.74, 6) is -0.191. The Balaban J connectivity index is 2.60. The van der Waals surface area contributed by atoms with E-state index in [0.29, 0.717) is 12.1 Å². The van der Waals surface area contributed by atoms with Gasteiger partial charge in [0.05, 0.1) is 7.11 Å². The summed E-state index contributed by atoms with van der Waals surface area (Å²) in [6.07, 6.45) is 3.15. The molecule has 0 aromatic carbocycles. The molecule has 1 fully saturated rings. The van der Waals surface area contributed by atoms with Gasteiger partial charge in [-0.2, -0.15) is 0 Å². The number of piperidine rings is 1. The van der Waals surface area contributed by atoms with Crippen LogP contribution in [0.5, 0.6) is 0 Å². The molecule has 0 aliphatic carbocycles. The van der Waals surface area contributed by atoms with E-state index in [2.05, 4.69) is 36.1 Å². The molecule has 0 saturated carbocycles. The molecule has 2 unspecified atom stereocenters. The molecule has 0 radical (unpaired) electrons. The number of nitrogens with zero attached hydrogens (tertiary/aromatic N) is 2. The van der Waals surface area contributed by atoms with Crippen LogP contribution in [-0.4, -0.2) is 74.7 Å². The Kier molecular flexibility index (Phi) is 6.43. The second kappa shape index (κ2) is 7.38. The molecule has 118 valence electrons. The zero-order valence-electron chi connectivity index (χ0n) is 13.9. The van der Waals surface area contributed by atoms with E-state index in [1.165, 1.54) is 20.0 Å². The Morgan fingerprint density at radius 1 is 1.50 bits per heavy atom. The normalized spacial score (nSPS) is 22.6. The van der Waals surface area contributed by atoms with Gasteiger partial charge >= 0.3 is 5.97 Å². The molecule has 0 aromatic rings. The minimum Gasteiger partial charge on any atom is -0.468 e. The van der Waals surface area contributed by atoms with E-state index in [1.54, 1.807) is 0 Å². The van der Waals surface area contributed by atoms with Crippen molar-refractivity contribution >= 4 is 5.97 Å². The third kappa shape index (κ3) is 4.17. The van der Waals surface area contributed by atoms with Crippen LogP contribution in [0, 0.1) is 0 Å². The molecule has 0 amide bonds. The van der Waals surface area contributed by atoms with Crippen LogP contribution in [-0.2, 0) is 9.53 Å². The Morgan fingerprint density at radius 2 is 2.05 bits per heavy atom. The van der Waals surface area contributed by atoms with Gasteiger partial charge < -0.3 is 19.9 Å². The predicted molar refractivity (Wildman–Crippen MR) is 81.8 cm³/mol. The maximum absolute atomic E-state index is 11.9. The maximum atomic E-state index is 11.9. The minimum atomic E-state index is -0.617. The number of carbonyl (C=O) groups excluding carboxylic acids is 1. The number of hydrogen-bond acceptors (Lipinski definition) is 5. The smallest absolute Gasteiger partial charge is 0.325 e. The summed E-state index contributed by atoms with van der Waals surface area (Å²) in [5.41, 5.74) is -0.617. The molecule has 0 aromatic heterocycles. The number of carbonyl (C=O) groups is 1. The second-order valence-corrected chi connectivity index (χ2v) is 6.33. The summed E-state index contributed by atoms with van der Waals surface area (Å²) in [6, 6.07) is 0.944. The number of ether oxygens (including phenoxy) is 1. The van der Waals surface area contributed by atoms with Gasteiger partial charge in [0.1, 0.15) is 5.54 Å². The third-order valence-electron chi connectivity index (χ3n) is 4.85. The zero-order valence-corrected chi connectivity index (χ0v) is 13.9. The van der Waals surface area contributed by atoms with Crippen molar-refractivity contribution in [1.29, 1.82) is 0 Å². The van der Waals surface area contributed by atoms with Crippen molar-refractivity contribution in [2.45, 2.75) is 50.7 Å². The Hall–Kier alpha value is -0.650. The van der Waals surface area contributed by atoms with Crippen molar-refractivity contribution in [3.05, 3.63) is 0 Å². The number of rotatable bonds is 6. The van der Waals surface area contributed by atoms with Crippen LogP contribution in [0.1, 0.15) is 33.1 Å². The van der Waals surface area contributed by atoms with E-state index in [9.17, 15) is 4.79 Å².